The van der Waals surface area contributed by atoms with Gasteiger partial charge >= 0.3 is 0 Å². The fourth-order valence-corrected chi connectivity index (χ4v) is 18.9. The van der Waals surface area contributed by atoms with Gasteiger partial charge in [-0.05, 0) is 222 Å². The molecule has 7 fully saturated rings. The Balaban J connectivity index is 1.12. The number of nitrogens with zero attached hydrogens (tertiary/aromatic N) is 2. The summed E-state index contributed by atoms with van der Waals surface area (Å²) in [6.45, 7) is 19.0. The number of hydrogen-bond donors (Lipinski definition) is 0. The fraction of sp³-hybridized carbons (Fsp3) is 0.606. The van der Waals surface area contributed by atoms with Crippen LogP contribution in [0, 0.1) is 82.9 Å². The van der Waals surface area contributed by atoms with Crippen molar-refractivity contribution < 1.29 is 0 Å². The molecule has 16 unspecified atom stereocenters. The van der Waals surface area contributed by atoms with Crippen molar-refractivity contribution >= 4 is 22.7 Å². The molecule has 0 radical (unpaired) electrons. The molecule has 4 aromatic carbocycles. The van der Waals surface area contributed by atoms with Crippen LogP contribution in [0.15, 0.2) is 109 Å². The van der Waals surface area contributed by atoms with Gasteiger partial charge in [0, 0.05) is 34.8 Å². The first kappa shape index (κ1) is 45.4. The number of benzene rings is 4. The normalized spacial score (nSPS) is 36.6. The molecule has 0 N–H and O–H groups in total. The van der Waals surface area contributed by atoms with E-state index in [4.69, 9.17) is 0 Å². The third kappa shape index (κ3) is 7.42. The van der Waals surface area contributed by atoms with Crippen LogP contribution in [0.2, 0.25) is 0 Å². The van der Waals surface area contributed by atoms with Crippen LogP contribution in [-0.2, 0) is 0 Å². The van der Waals surface area contributed by atoms with E-state index in [9.17, 15) is 0 Å². The Morgan fingerprint density at radius 1 is 0.353 bits per heavy atom. The predicted octanol–water partition coefficient (Wildman–Crippen LogP) is 17.9. The zero-order valence-corrected chi connectivity index (χ0v) is 43.3. The van der Waals surface area contributed by atoms with Gasteiger partial charge in [0.15, 0.2) is 0 Å². The quantitative estimate of drug-likeness (QED) is 0.146. The third-order valence-corrected chi connectivity index (χ3v) is 21.4. The van der Waals surface area contributed by atoms with E-state index in [1.54, 1.807) is 0 Å². The largest absolute Gasteiger partial charge is 0.338 e. The Kier molecular flexibility index (Phi) is 12.1. The highest BCUT2D eigenvalue weighted by atomic mass is 15.2. The highest BCUT2D eigenvalue weighted by molar-refractivity contribution is 5.68. The van der Waals surface area contributed by atoms with E-state index < -0.39 is 0 Å². The number of allylic oxidation sites excluding steroid dienone is 2. The first-order valence-corrected chi connectivity index (χ1v) is 28.7. The van der Waals surface area contributed by atoms with E-state index in [1.165, 1.54) is 122 Å². The average Bonchev–Trinajstić information content (AvgIpc) is 3.87. The van der Waals surface area contributed by atoms with Gasteiger partial charge in [0.1, 0.15) is 0 Å². The van der Waals surface area contributed by atoms with Crippen molar-refractivity contribution in [2.24, 2.45) is 82.9 Å². The maximum Gasteiger partial charge on any atom is 0.0413 e. The van der Waals surface area contributed by atoms with Crippen molar-refractivity contribution in [3.05, 3.63) is 131 Å². The van der Waals surface area contributed by atoms with Crippen molar-refractivity contribution in [1.29, 1.82) is 0 Å². The van der Waals surface area contributed by atoms with Gasteiger partial charge in [-0.25, -0.2) is 0 Å². The van der Waals surface area contributed by atoms with E-state index >= 15 is 0 Å². The number of fused-ring (bicyclic) bond motifs is 8. The van der Waals surface area contributed by atoms with Gasteiger partial charge in [-0.15, -0.1) is 0 Å². The molecule has 0 amide bonds. The third-order valence-electron chi connectivity index (χ3n) is 21.4. The summed E-state index contributed by atoms with van der Waals surface area (Å²) in [6.07, 6.45) is 22.5. The van der Waals surface area contributed by atoms with Crippen LogP contribution in [0.4, 0.5) is 22.7 Å². The van der Waals surface area contributed by atoms with Crippen LogP contribution in [0.25, 0.3) is 0 Å². The fourth-order valence-electron chi connectivity index (χ4n) is 18.9. The van der Waals surface area contributed by atoms with Crippen molar-refractivity contribution in [2.75, 3.05) is 9.80 Å². The molecular weight excluding hydrogens is 821 g/mol. The highest BCUT2D eigenvalue weighted by Crippen LogP contribution is 2.72. The lowest BCUT2D eigenvalue weighted by atomic mass is 9.47. The van der Waals surface area contributed by atoms with Crippen LogP contribution in [0.5, 0.6) is 0 Å². The predicted molar refractivity (Wildman–Crippen MR) is 287 cm³/mol. The zero-order valence-electron chi connectivity index (χ0n) is 43.3. The maximum absolute atomic E-state index is 3.09. The molecule has 7 saturated carbocycles. The van der Waals surface area contributed by atoms with Crippen molar-refractivity contribution in [2.45, 2.75) is 168 Å². The summed E-state index contributed by atoms with van der Waals surface area (Å²) in [4.78, 5) is 6.17. The summed E-state index contributed by atoms with van der Waals surface area (Å²) in [7, 11) is 0. The maximum atomic E-state index is 3.09. The van der Waals surface area contributed by atoms with Crippen LogP contribution in [-0.4, -0.2) is 12.1 Å². The van der Waals surface area contributed by atoms with Gasteiger partial charge < -0.3 is 9.80 Å². The second kappa shape index (κ2) is 18.1. The van der Waals surface area contributed by atoms with Gasteiger partial charge in [-0.2, -0.15) is 0 Å². The van der Waals surface area contributed by atoms with Gasteiger partial charge in [-0.3, -0.25) is 0 Å². The molecule has 4 aromatic rings. The van der Waals surface area contributed by atoms with E-state index in [2.05, 4.69) is 174 Å². The number of rotatable bonds is 10. The lowest BCUT2D eigenvalue weighted by Gasteiger charge is -2.64. The molecule has 0 heterocycles. The number of anilines is 4. The molecule has 0 bridgehead atoms. The molecule has 68 heavy (non-hydrogen) atoms. The monoisotopic (exact) mass is 907 g/mol. The Labute approximate surface area is 413 Å². The average molecular weight is 907 g/mol. The van der Waals surface area contributed by atoms with Crippen molar-refractivity contribution in [3.63, 3.8) is 0 Å². The van der Waals surface area contributed by atoms with Crippen molar-refractivity contribution in [3.8, 4) is 0 Å². The SMILES string of the molecule is CC(C)c1ccc(N(c2ccc(C(C)C)cc2)C2C3CC4C5CCC=CC5C5CCCC(C54)C3C(N(c3ccc(C(C)C)cc3)c3ccc(C(C)C)cc3)C3C4CCCC5CCCC(C54)C32)cc1. The van der Waals surface area contributed by atoms with E-state index in [0.717, 1.165) is 59.2 Å². The summed E-state index contributed by atoms with van der Waals surface area (Å²) < 4.78 is 0. The highest BCUT2D eigenvalue weighted by Gasteiger charge is 2.70. The summed E-state index contributed by atoms with van der Waals surface area (Å²) >= 11 is 0. The van der Waals surface area contributed by atoms with E-state index in [0.29, 0.717) is 59.4 Å². The lowest BCUT2D eigenvalue weighted by molar-refractivity contribution is -0.0800. The van der Waals surface area contributed by atoms with Crippen LogP contribution in [0.1, 0.15) is 178 Å². The Bertz CT molecular complexity index is 2280. The molecule has 16 atom stereocenters. The molecule has 2 heteroatoms. The Morgan fingerprint density at radius 2 is 0.750 bits per heavy atom. The first-order valence-electron chi connectivity index (χ1n) is 28.7. The minimum absolute atomic E-state index is 0.485. The van der Waals surface area contributed by atoms with E-state index in [-0.39, 0.29) is 0 Å². The second-order valence-electron chi connectivity index (χ2n) is 25.6. The molecule has 8 aliphatic carbocycles. The molecule has 0 aromatic heterocycles. The smallest absolute Gasteiger partial charge is 0.0413 e. The van der Waals surface area contributed by atoms with Crippen molar-refractivity contribution in [1.82, 2.24) is 0 Å². The second-order valence-corrected chi connectivity index (χ2v) is 25.6. The summed E-state index contributed by atoms with van der Waals surface area (Å²) in [5.41, 5.74) is 11.7. The molecular formula is C66H86N2. The minimum atomic E-state index is 0.485. The van der Waals surface area contributed by atoms with Gasteiger partial charge in [0.05, 0.1) is 0 Å². The van der Waals surface area contributed by atoms with E-state index in [1.807, 2.05) is 0 Å². The minimum Gasteiger partial charge on any atom is -0.338 e. The summed E-state index contributed by atoms with van der Waals surface area (Å²) in [5.74, 6) is 13.0. The lowest BCUT2D eigenvalue weighted by Crippen LogP contribution is -2.66. The molecule has 12 rings (SSSR count). The van der Waals surface area contributed by atoms with Gasteiger partial charge in [-0.1, -0.05) is 148 Å². The number of hydrogen-bond acceptors (Lipinski definition) is 2. The zero-order chi connectivity index (χ0) is 46.5. The molecule has 2 nitrogen and oxygen atoms in total. The Hall–Kier alpha value is -3.78. The topological polar surface area (TPSA) is 6.48 Å². The standard InChI is InChI=1S/C66H86N2/c1-39(2)43-22-30-48(31-23-43)67(49-32-24-44(25-33-49)40(3)4)65-59-38-58-53-17-10-9-16-52(53)54-18-13-21-57(61(54)58)62(59)66(64-56-20-12-15-47-14-11-19-55(60(47)56)63(64)65)68(50-34-26-45(27-35-50)41(5)6)51-36-28-46(29-37-51)42(7)8/h9,16,22-37,39-42,47,52-66H,10-15,17-21,38H2,1-8H3. The molecule has 360 valence electrons. The molecule has 0 aliphatic heterocycles. The van der Waals surface area contributed by atoms with Gasteiger partial charge in [0.2, 0.25) is 0 Å². The Morgan fingerprint density at radius 3 is 1.21 bits per heavy atom. The van der Waals surface area contributed by atoms with Gasteiger partial charge in [0.25, 0.3) is 0 Å². The molecule has 0 saturated heterocycles. The molecule has 0 spiro atoms. The summed E-state index contributed by atoms with van der Waals surface area (Å²) in [5, 5.41) is 0. The van der Waals surface area contributed by atoms with Crippen LogP contribution in [0.3, 0.4) is 0 Å². The van der Waals surface area contributed by atoms with Crippen LogP contribution < -0.4 is 9.80 Å². The first-order chi connectivity index (χ1) is 33.1. The molecule has 8 aliphatic rings. The summed E-state index contributed by atoms with van der Waals surface area (Å²) in [6, 6.07) is 41.6. The van der Waals surface area contributed by atoms with Crippen LogP contribution >= 0.6 is 0 Å².